The Bertz CT molecular complexity index is 349. The van der Waals surface area contributed by atoms with Crippen molar-refractivity contribution >= 4 is 23.2 Å². The number of hydrogen-bond donors (Lipinski definition) is 0. The predicted molar refractivity (Wildman–Crippen MR) is 59.9 cm³/mol. The highest BCUT2D eigenvalue weighted by Gasteiger charge is 2.11. The Balaban J connectivity index is 3.01. The molecular formula is C11H14ClNO. The van der Waals surface area contributed by atoms with E-state index in [1.54, 1.807) is 11.9 Å². The standard InChI is InChI=1S/C11H14ClNO/c1-4-11(14)13(3)10-6-5-8(2)7-9(10)12/h5-7H,4H2,1-3H3. The molecule has 0 atom stereocenters. The van der Waals surface area contributed by atoms with Crippen molar-refractivity contribution in [3.05, 3.63) is 28.8 Å². The summed E-state index contributed by atoms with van der Waals surface area (Å²) in [7, 11) is 1.74. The highest BCUT2D eigenvalue weighted by Crippen LogP contribution is 2.26. The molecule has 0 radical (unpaired) electrons. The van der Waals surface area contributed by atoms with Gasteiger partial charge in [-0.2, -0.15) is 0 Å². The average Bonchev–Trinajstić information content (AvgIpc) is 2.15. The lowest BCUT2D eigenvalue weighted by molar-refractivity contribution is -0.118. The minimum absolute atomic E-state index is 0.0655. The Labute approximate surface area is 89.5 Å². The monoisotopic (exact) mass is 211 g/mol. The number of hydrogen-bond acceptors (Lipinski definition) is 1. The van der Waals surface area contributed by atoms with Gasteiger partial charge in [0.1, 0.15) is 0 Å². The molecule has 0 saturated heterocycles. The van der Waals surface area contributed by atoms with Crippen LogP contribution in [0.25, 0.3) is 0 Å². The molecule has 1 aromatic rings. The first-order valence-corrected chi connectivity index (χ1v) is 4.96. The lowest BCUT2D eigenvalue weighted by atomic mass is 10.2. The molecule has 0 unspecified atom stereocenters. The van der Waals surface area contributed by atoms with E-state index in [9.17, 15) is 4.79 Å². The van der Waals surface area contributed by atoms with Gasteiger partial charge in [0.25, 0.3) is 0 Å². The van der Waals surface area contributed by atoms with E-state index in [0.717, 1.165) is 11.3 Å². The summed E-state index contributed by atoms with van der Waals surface area (Å²) in [6, 6.07) is 5.67. The summed E-state index contributed by atoms with van der Waals surface area (Å²) >= 11 is 6.03. The third-order valence-corrected chi connectivity index (χ3v) is 2.44. The van der Waals surface area contributed by atoms with Crippen molar-refractivity contribution in [3.63, 3.8) is 0 Å². The number of anilines is 1. The van der Waals surface area contributed by atoms with Crippen LogP contribution in [0.1, 0.15) is 18.9 Å². The molecule has 2 nitrogen and oxygen atoms in total. The Morgan fingerprint density at radius 1 is 1.50 bits per heavy atom. The molecule has 14 heavy (non-hydrogen) atoms. The number of amides is 1. The van der Waals surface area contributed by atoms with Crippen LogP contribution < -0.4 is 4.90 Å². The Morgan fingerprint density at radius 3 is 2.64 bits per heavy atom. The average molecular weight is 212 g/mol. The molecule has 0 fully saturated rings. The maximum Gasteiger partial charge on any atom is 0.226 e. The minimum Gasteiger partial charge on any atom is -0.314 e. The third kappa shape index (κ3) is 2.26. The third-order valence-electron chi connectivity index (χ3n) is 2.14. The van der Waals surface area contributed by atoms with E-state index in [4.69, 9.17) is 11.6 Å². The largest absolute Gasteiger partial charge is 0.314 e. The topological polar surface area (TPSA) is 20.3 Å². The van der Waals surface area contributed by atoms with Gasteiger partial charge in [0, 0.05) is 13.5 Å². The molecule has 76 valence electrons. The number of rotatable bonds is 2. The molecule has 0 spiro atoms. The van der Waals surface area contributed by atoms with Gasteiger partial charge in [0.2, 0.25) is 5.91 Å². The van der Waals surface area contributed by atoms with Gasteiger partial charge in [0.05, 0.1) is 10.7 Å². The quantitative estimate of drug-likeness (QED) is 0.737. The van der Waals surface area contributed by atoms with E-state index >= 15 is 0 Å². The zero-order valence-electron chi connectivity index (χ0n) is 8.67. The van der Waals surface area contributed by atoms with Crippen LogP contribution in [0.4, 0.5) is 5.69 Å². The van der Waals surface area contributed by atoms with Crippen LogP contribution in [-0.4, -0.2) is 13.0 Å². The van der Waals surface area contributed by atoms with E-state index in [-0.39, 0.29) is 5.91 Å². The molecule has 1 rings (SSSR count). The molecule has 3 heteroatoms. The van der Waals surface area contributed by atoms with Crippen LogP contribution in [0.3, 0.4) is 0 Å². The van der Waals surface area contributed by atoms with Crippen molar-refractivity contribution in [3.8, 4) is 0 Å². The van der Waals surface area contributed by atoms with E-state index in [0.29, 0.717) is 11.4 Å². The van der Waals surface area contributed by atoms with Crippen molar-refractivity contribution in [2.75, 3.05) is 11.9 Å². The molecule has 0 N–H and O–H groups in total. The molecule has 0 saturated carbocycles. The van der Waals surface area contributed by atoms with Crippen molar-refractivity contribution in [2.24, 2.45) is 0 Å². The summed E-state index contributed by atoms with van der Waals surface area (Å²) in [5.41, 5.74) is 1.86. The van der Waals surface area contributed by atoms with Gasteiger partial charge >= 0.3 is 0 Å². The molecule has 1 aromatic carbocycles. The highest BCUT2D eigenvalue weighted by atomic mass is 35.5. The first-order chi connectivity index (χ1) is 6.56. The molecule has 0 aliphatic carbocycles. The fraction of sp³-hybridized carbons (Fsp3) is 0.364. The van der Waals surface area contributed by atoms with Crippen LogP contribution >= 0.6 is 11.6 Å². The van der Waals surface area contributed by atoms with Crippen molar-refractivity contribution in [1.29, 1.82) is 0 Å². The lowest BCUT2D eigenvalue weighted by Gasteiger charge is -2.18. The van der Waals surface area contributed by atoms with Gasteiger partial charge in [-0.3, -0.25) is 4.79 Å². The molecule has 0 aliphatic heterocycles. The Morgan fingerprint density at radius 2 is 2.14 bits per heavy atom. The van der Waals surface area contributed by atoms with E-state index in [1.807, 2.05) is 32.0 Å². The Kier molecular flexibility index (Phi) is 3.53. The molecular weight excluding hydrogens is 198 g/mol. The van der Waals surface area contributed by atoms with E-state index < -0.39 is 0 Å². The second kappa shape index (κ2) is 4.47. The van der Waals surface area contributed by atoms with Crippen LogP contribution in [0, 0.1) is 6.92 Å². The smallest absolute Gasteiger partial charge is 0.226 e. The number of benzene rings is 1. The minimum atomic E-state index is 0.0655. The lowest BCUT2D eigenvalue weighted by Crippen LogP contribution is -2.25. The van der Waals surface area contributed by atoms with Gasteiger partial charge in [-0.1, -0.05) is 24.6 Å². The molecule has 0 aliphatic rings. The number of nitrogens with zero attached hydrogens (tertiary/aromatic N) is 1. The van der Waals surface area contributed by atoms with Gasteiger partial charge in [0.15, 0.2) is 0 Å². The van der Waals surface area contributed by atoms with E-state index in [1.165, 1.54) is 0 Å². The fourth-order valence-electron chi connectivity index (χ4n) is 1.26. The van der Waals surface area contributed by atoms with E-state index in [2.05, 4.69) is 0 Å². The zero-order valence-corrected chi connectivity index (χ0v) is 9.43. The number of carbonyl (C=O) groups excluding carboxylic acids is 1. The van der Waals surface area contributed by atoms with Gasteiger partial charge in [-0.15, -0.1) is 0 Å². The predicted octanol–water partition coefficient (Wildman–Crippen LogP) is 3.02. The second-order valence-corrected chi connectivity index (χ2v) is 3.67. The number of aryl methyl sites for hydroxylation is 1. The molecule has 0 bridgehead atoms. The SMILES string of the molecule is CCC(=O)N(C)c1ccc(C)cc1Cl. The zero-order chi connectivity index (χ0) is 10.7. The van der Waals surface area contributed by atoms with Gasteiger partial charge < -0.3 is 4.90 Å². The van der Waals surface area contributed by atoms with Crippen molar-refractivity contribution < 1.29 is 4.79 Å². The number of halogens is 1. The van der Waals surface area contributed by atoms with Crippen LogP contribution in [0.15, 0.2) is 18.2 Å². The molecule has 1 amide bonds. The summed E-state index contributed by atoms with van der Waals surface area (Å²) in [5, 5.41) is 0.620. The first-order valence-electron chi connectivity index (χ1n) is 4.59. The normalized spacial score (nSPS) is 10.0. The van der Waals surface area contributed by atoms with Crippen LogP contribution in [0.5, 0.6) is 0 Å². The molecule has 0 heterocycles. The van der Waals surface area contributed by atoms with Crippen LogP contribution in [0.2, 0.25) is 5.02 Å². The maximum atomic E-state index is 11.4. The summed E-state index contributed by atoms with van der Waals surface area (Å²) < 4.78 is 0. The second-order valence-electron chi connectivity index (χ2n) is 3.26. The van der Waals surface area contributed by atoms with Crippen molar-refractivity contribution in [2.45, 2.75) is 20.3 Å². The summed E-state index contributed by atoms with van der Waals surface area (Å²) in [6.45, 7) is 3.80. The molecule has 0 aromatic heterocycles. The Hall–Kier alpha value is -1.02. The first kappa shape index (κ1) is 11.1. The summed E-state index contributed by atoms with van der Waals surface area (Å²) in [4.78, 5) is 13.0. The van der Waals surface area contributed by atoms with Crippen molar-refractivity contribution in [1.82, 2.24) is 0 Å². The van der Waals surface area contributed by atoms with Crippen LogP contribution in [-0.2, 0) is 4.79 Å². The highest BCUT2D eigenvalue weighted by molar-refractivity contribution is 6.33. The maximum absolute atomic E-state index is 11.4. The number of carbonyl (C=O) groups is 1. The fourth-order valence-corrected chi connectivity index (χ4v) is 1.62. The summed E-state index contributed by atoms with van der Waals surface area (Å²) in [5.74, 6) is 0.0655. The van der Waals surface area contributed by atoms with Gasteiger partial charge in [-0.05, 0) is 24.6 Å². The van der Waals surface area contributed by atoms with Gasteiger partial charge in [-0.25, -0.2) is 0 Å². The summed E-state index contributed by atoms with van der Waals surface area (Å²) in [6.07, 6.45) is 0.487.